The van der Waals surface area contributed by atoms with E-state index in [1.165, 1.54) is 5.56 Å². The molecule has 2 N–H and O–H groups in total. The van der Waals surface area contributed by atoms with Crippen molar-refractivity contribution in [1.82, 2.24) is 20.2 Å². The third-order valence-electron chi connectivity index (χ3n) is 5.23. The first-order valence-corrected chi connectivity index (χ1v) is 9.79. The highest BCUT2D eigenvalue weighted by molar-refractivity contribution is 6.06. The molecule has 1 aromatic heterocycles. The highest BCUT2D eigenvalue weighted by Gasteiger charge is 2.34. The lowest BCUT2D eigenvalue weighted by atomic mass is 9.92. The molecule has 0 unspecified atom stereocenters. The van der Waals surface area contributed by atoms with E-state index in [2.05, 4.69) is 52.1 Å². The second-order valence-electron chi connectivity index (χ2n) is 7.49. The largest absolute Gasteiger partial charge is 0.495 e. The van der Waals surface area contributed by atoms with Crippen LogP contribution in [0.4, 0.5) is 11.6 Å². The maximum Gasteiger partial charge on any atom is 0.255 e. The Balaban J connectivity index is 1.75. The Morgan fingerprint density at radius 1 is 1.17 bits per heavy atom. The lowest BCUT2D eigenvalue weighted by Crippen LogP contribution is -2.31. The number of amides is 1. The van der Waals surface area contributed by atoms with Crippen LogP contribution in [0.25, 0.3) is 0 Å². The number of ether oxygens (including phenoxy) is 1. The van der Waals surface area contributed by atoms with Crippen LogP contribution in [-0.4, -0.2) is 33.2 Å². The van der Waals surface area contributed by atoms with Gasteiger partial charge in [0.2, 0.25) is 5.95 Å². The first-order valence-electron chi connectivity index (χ1n) is 9.79. The van der Waals surface area contributed by atoms with Gasteiger partial charge in [-0.05, 0) is 46.5 Å². The van der Waals surface area contributed by atoms with Gasteiger partial charge in [-0.3, -0.25) is 4.79 Å². The van der Waals surface area contributed by atoms with Crippen LogP contribution in [0.5, 0.6) is 5.75 Å². The van der Waals surface area contributed by atoms with Crippen LogP contribution in [0.3, 0.4) is 0 Å². The van der Waals surface area contributed by atoms with Gasteiger partial charge in [0, 0.05) is 5.70 Å². The number of nitrogens with zero attached hydrogens (tertiary/aromatic N) is 4. The third kappa shape index (κ3) is 3.52. The zero-order valence-electron chi connectivity index (χ0n) is 17.4. The average Bonchev–Trinajstić information content (AvgIpc) is 3.21. The van der Waals surface area contributed by atoms with E-state index in [9.17, 15) is 4.79 Å². The van der Waals surface area contributed by atoms with Crippen LogP contribution in [-0.2, 0) is 4.79 Å². The molecule has 8 heteroatoms. The van der Waals surface area contributed by atoms with Gasteiger partial charge >= 0.3 is 0 Å². The van der Waals surface area contributed by atoms with E-state index in [1.54, 1.807) is 23.9 Å². The standard InChI is InChI=1S/C22H24N6O2/c1-13(2)15-9-11-16(12-10-15)20-19(14(3)23-22-25-26-27-28(20)22)21(29)24-17-7-5-6-8-18(17)30-4/h5-13,20H,1-4H3,(H,24,29)(H,23,25,27)/t20-/m1/s1. The summed E-state index contributed by atoms with van der Waals surface area (Å²) in [6, 6.07) is 15.1. The Morgan fingerprint density at radius 2 is 1.90 bits per heavy atom. The van der Waals surface area contributed by atoms with Crippen molar-refractivity contribution in [3.8, 4) is 5.75 Å². The summed E-state index contributed by atoms with van der Waals surface area (Å²) in [4.78, 5) is 13.4. The van der Waals surface area contributed by atoms with E-state index in [0.29, 0.717) is 34.6 Å². The molecule has 8 nitrogen and oxygen atoms in total. The Bertz CT molecular complexity index is 1100. The topological polar surface area (TPSA) is 94.0 Å². The molecule has 0 aliphatic carbocycles. The van der Waals surface area contributed by atoms with Crippen molar-refractivity contribution in [2.24, 2.45) is 0 Å². The highest BCUT2D eigenvalue weighted by Crippen LogP contribution is 2.36. The third-order valence-corrected chi connectivity index (χ3v) is 5.23. The Kier molecular flexibility index (Phi) is 5.22. The number of allylic oxidation sites excluding steroid dienone is 1. The summed E-state index contributed by atoms with van der Waals surface area (Å²) in [5, 5.41) is 18.1. The zero-order chi connectivity index (χ0) is 21.3. The summed E-state index contributed by atoms with van der Waals surface area (Å²) in [7, 11) is 1.57. The fourth-order valence-corrected chi connectivity index (χ4v) is 3.62. The van der Waals surface area contributed by atoms with Crippen LogP contribution >= 0.6 is 0 Å². The molecule has 0 radical (unpaired) electrons. The number of fused-ring (bicyclic) bond motifs is 1. The monoisotopic (exact) mass is 404 g/mol. The molecule has 2 heterocycles. The maximum atomic E-state index is 13.4. The minimum Gasteiger partial charge on any atom is -0.495 e. The molecule has 0 saturated carbocycles. The maximum absolute atomic E-state index is 13.4. The van der Waals surface area contributed by atoms with Crippen LogP contribution in [0.2, 0.25) is 0 Å². The van der Waals surface area contributed by atoms with Crippen molar-refractivity contribution in [3.05, 3.63) is 70.9 Å². The van der Waals surface area contributed by atoms with Crippen molar-refractivity contribution in [2.75, 3.05) is 17.7 Å². The van der Waals surface area contributed by atoms with Crippen molar-refractivity contribution < 1.29 is 9.53 Å². The second-order valence-corrected chi connectivity index (χ2v) is 7.49. The predicted molar refractivity (Wildman–Crippen MR) is 114 cm³/mol. The molecular formula is C22H24N6O2. The molecular weight excluding hydrogens is 380 g/mol. The number of para-hydroxylation sites is 2. The van der Waals surface area contributed by atoms with Gasteiger partial charge < -0.3 is 15.4 Å². The first kappa shape index (κ1) is 19.6. The predicted octanol–water partition coefficient (Wildman–Crippen LogP) is 3.73. The number of aromatic nitrogens is 4. The summed E-state index contributed by atoms with van der Waals surface area (Å²) >= 11 is 0. The number of rotatable bonds is 5. The molecule has 1 aliphatic rings. The number of benzene rings is 2. The van der Waals surface area contributed by atoms with Crippen LogP contribution in [0, 0.1) is 0 Å². The van der Waals surface area contributed by atoms with Gasteiger partial charge in [0.15, 0.2) is 0 Å². The smallest absolute Gasteiger partial charge is 0.255 e. The number of nitrogens with one attached hydrogen (secondary N) is 2. The van der Waals surface area contributed by atoms with Gasteiger partial charge in [0.25, 0.3) is 5.91 Å². The molecule has 0 fully saturated rings. The van der Waals surface area contributed by atoms with Crippen molar-refractivity contribution >= 4 is 17.5 Å². The fourth-order valence-electron chi connectivity index (χ4n) is 3.62. The van der Waals surface area contributed by atoms with Gasteiger partial charge in [-0.25, -0.2) is 0 Å². The van der Waals surface area contributed by atoms with Gasteiger partial charge in [-0.2, -0.15) is 4.68 Å². The lowest BCUT2D eigenvalue weighted by Gasteiger charge is -2.28. The quantitative estimate of drug-likeness (QED) is 0.673. The molecule has 1 atom stereocenters. The van der Waals surface area contributed by atoms with Gasteiger partial charge in [-0.1, -0.05) is 55.3 Å². The number of hydrogen-bond acceptors (Lipinski definition) is 6. The van der Waals surface area contributed by atoms with Crippen LogP contribution < -0.4 is 15.4 Å². The summed E-state index contributed by atoms with van der Waals surface area (Å²) in [6.07, 6.45) is 0. The molecule has 30 heavy (non-hydrogen) atoms. The van der Waals surface area contributed by atoms with Gasteiger partial charge in [-0.15, -0.1) is 0 Å². The number of carbonyl (C=O) groups excluding carboxylic acids is 1. The number of carbonyl (C=O) groups is 1. The summed E-state index contributed by atoms with van der Waals surface area (Å²) < 4.78 is 7.00. The fraction of sp³-hybridized carbons (Fsp3) is 0.273. The molecule has 4 rings (SSSR count). The van der Waals surface area contributed by atoms with Crippen LogP contribution in [0.1, 0.15) is 43.9 Å². The van der Waals surface area contributed by atoms with E-state index in [4.69, 9.17) is 4.74 Å². The van der Waals surface area contributed by atoms with E-state index in [-0.39, 0.29) is 5.91 Å². The molecule has 0 bridgehead atoms. The lowest BCUT2D eigenvalue weighted by molar-refractivity contribution is -0.113. The normalized spacial score (nSPS) is 15.6. The molecule has 0 saturated heterocycles. The number of tetrazole rings is 1. The number of anilines is 2. The van der Waals surface area contributed by atoms with Crippen LogP contribution in [0.15, 0.2) is 59.8 Å². The second kappa shape index (κ2) is 7.98. The summed E-state index contributed by atoms with van der Waals surface area (Å²) in [5.74, 6) is 1.26. The highest BCUT2D eigenvalue weighted by atomic mass is 16.5. The molecule has 1 amide bonds. The molecule has 1 aliphatic heterocycles. The number of hydrogen-bond donors (Lipinski definition) is 2. The Hall–Kier alpha value is -3.68. The molecule has 0 spiro atoms. The molecule has 2 aromatic carbocycles. The minimum absolute atomic E-state index is 0.247. The SMILES string of the molecule is COc1ccccc1NC(=O)C1=C(C)Nc2nnnn2[C@@H]1c1ccc(C(C)C)cc1. The zero-order valence-corrected chi connectivity index (χ0v) is 17.4. The Morgan fingerprint density at radius 3 is 2.60 bits per heavy atom. The van der Waals surface area contributed by atoms with Gasteiger partial charge in [0.1, 0.15) is 11.8 Å². The van der Waals surface area contributed by atoms with Crippen molar-refractivity contribution in [1.29, 1.82) is 0 Å². The summed E-state index contributed by atoms with van der Waals surface area (Å²) in [6.45, 7) is 6.15. The van der Waals surface area contributed by atoms with Crippen molar-refractivity contribution in [2.45, 2.75) is 32.7 Å². The first-order chi connectivity index (χ1) is 14.5. The van der Waals surface area contributed by atoms with E-state index in [1.807, 2.05) is 31.2 Å². The van der Waals surface area contributed by atoms with E-state index >= 15 is 0 Å². The minimum atomic E-state index is -0.452. The average molecular weight is 404 g/mol. The Labute approximate surface area is 174 Å². The van der Waals surface area contributed by atoms with E-state index in [0.717, 1.165) is 5.56 Å². The van der Waals surface area contributed by atoms with Gasteiger partial charge in [0.05, 0.1) is 18.4 Å². The van der Waals surface area contributed by atoms with Crippen molar-refractivity contribution in [3.63, 3.8) is 0 Å². The summed E-state index contributed by atoms with van der Waals surface area (Å²) in [5.41, 5.74) is 3.99. The molecule has 3 aromatic rings. The number of methoxy groups -OCH3 is 1. The molecule has 154 valence electrons. The van der Waals surface area contributed by atoms with E-state index < -0.39 is 6.04 Å².